The Labute approximate surface area is 230 Å². The normalized spacial score (nSPS) is 38.7. The Balaban J connectivity index is 1.21. The van der Waals surface area contributed by atoms with Crippen LogP contribution in [0.3, 0.4) is 0 Å². The van der Waals surface area contributed by atoms with Crippen LogP contribution in [0, 0.1) is 46.3 Å². The molecule has 4 aliphatic rings. The molecule has 39 heavy (non-hydrogen) atoms. The molecule has 8 heteroatoms. The van der Waals surface area contributed by atoms with Crippen molar-refractivity contribution in [2.24, 2.45) is 46.3 Å². The number of fused-ring (bicyclic) bond motifs is 5. The Bertz CT molecular complexity index is 1060. The van der Waals surface area contributed by atoms with E-state index in [1.165, 1.54) is 38.5 Å². The summed E-state index contributed by atoms with van der Waals surface area (Å²) in [5.74, 6) is 2.95. The number of anilines is 2. The number of hydrogen-bond donors (Lipinski definition) is 2. The van der Waals surface area contributed by atoms with Crippen LogP contribution in [0.15, 0.2) is 18.2 Å². The third-order valence-electron chi connectivity index (χ3n) is 11.7. The van der Waals surface area contributed by atoms with Crippen LogP contribution in [-0.2, 0) is 9.53 Å². The van der Waals surface area contributed by atoms with Crippen LogP contribution in [0.4, 0.5) is 24.5 Å². The average Bonchev–Trinajstić information content (AvgIpc) is 3.21. The molecule has 218 valence electrons. The molecule has 0 radical (unpaired) electrons. The summed E-state index contributed by atoms with van der Waals surface area (Å²) in [5.41, 5.74) is 13.8. The van der Waals surface area contributed by atoms with Gasteiger partial charge in [0.2, 0.25) is 0 Å². The second-order valence-electron chi connectivity index (χ2n) is 13.6. The first-order chi connectivity index (χ1) is 18.3. The van der Waals surface area contributed by atoms with Crippen molar-refractivity contribution in [1.82, 2.24) is 0 Å². The largest absolute Gasteiger partial charge is 0.575 e. The minimum absolute atomic E-state index is 0.172. The molecule has 4 fully saturated rings. The lowest BCUT2D eigenvalue weighted by atomic mass is 9.44. The van der Waals surface area contributed by atoms with E-state index >= 15 is 0 Å². The van der Waals surface area contributed by atoms with Gasteiger partial charge in [-0.2, -0.15) is 0 Å². The van der Waals surface area contributed by atoms with Gasteiger partial charge in [0, 0.05) is 12.1 Å². The van der Waals surface area contributed by atoms with Crippen LogP contribution in [0.25, 0.3) is 0 Å². The molecule has 0 bridgehead atoms. The van der Waals surface area contributed by atoms with Crippen LogP contribution in [0.2, 0.25) is 0 Å². The van der Waals surface area contributed by atoms with E-state index in [4.69, 9.17) is 16.2 Å². The van der Waals surface area contributed by atoms with Crippen molar-refractivity contribution in [3.05, 3.63) is 18.2 Å². The maximum absolute atomic E-state index is 12.4. The lowest BCUT2D eigenvalue weighted by Crippen LogP contribution is -2.54. The van der Waals surface area contributed by atoms with Crippen LogP contribution < -0.4 is 16.2 Å². The van der Waals surface area contributed by atoms with Gasteiger partial charge >= 0.3 is 12.3 Å². The number of ether oxygens (including phenoxy) is 2. The minimum atomic E-state index is -4.90. The van der Waals surface area contributed by atoms with E-state index in [1.54, 1.807) is 6.07 Å². The summed E-state index contributed by atoms with van der Waals surface area (Å²) in [6, 6.07) is 5.48. The molecule has 5 rings (SSSR count). The number of nitrogen functional groups attached to an aromatic ring is 2. The molecule has 0 aliphatic heterocycles. The highest BCUT2D eigenvalue weighted by Crippen LogP contribution is 2.68. The molecular weight excluding hydrogens is 505 g/mol. The van der Waals surface area contributed by atoms with Gasteiger partial charge < -0.3 is 20.9 Å². The monoisotopic (exact) mass is 550 g/mol. The van der Waals surface area contributed by atoms with Crippen molar-refractivity contribution in [2.45, 2.75) is 104 Å². The van der Waals surface area contributed by atoms with Gasteiger partial charge in [0.1, 0.15) is 5.75 Å². The summed E-state index contributed by atoms with van der Waals surface area (Å²) in [5, 5.41) is 0. The molecule has 2 unspecified atom stereocenters. The first kappa shape index (κ1) is 28.4. The zero-order chi connectivity index (χ0) is 28.2. The highest BCUT2D eigenvalue weighted by molar-refractivity contribution is 5.69. The molecule has 0 heterocycles. The Morgan fingerprint density at radius 2 is 1.74 bits per heavy atom. The number of halogens is 3. The first-order valence-electron chi connectivity index (χ1n) is 14.9. The van der Waals surface area contributed by atoms with Gasteiger partial charge in [0.25, 0.3) is 0 Å². The lowest BCUT2D eigenvalue weighted by Gasteiger charge is -2.61. The molecule has 0 spiro atoms. The molecule has 4 aliphatic carbocycles. The van der Waals surface area contributed by atoms with Gasteiger partial charge in [-0.15, -0.1) is 13.2 Å². The molecule has 4 saturated carbocycles. The fourth-order valence-electron chi connectivity index (χ4n) is 9.88. The van der Waals surface area contributed by atoms with E-state index in [0.29, 0.717) is 52.8 Å². The number of rotatable bonds is 6. The molecule has 0 saturated heterocycles. The summed E-state index contributed by atoms with van der Waals surface area (Å²) in [6.45, 7) is 7.09. The molecule has 5 nitrogen and oxygen atoms in total. The molecule has 1 aromatic carbocycles. The van der Waals surface area contributed by atoms with Crippen molar-refractivity contribution in [3.8, 4) is 5.75 Å². The van der Waals surface area contributed by atoms with E-state index in [-0.39, 0.29) is 23.9 Å². The SMILES string of the molecule is C[C@H](CCC(=O)OC(F)(F)F)[C@H]1CC[C@H]2[C@@H]3CCC4CC(Oc5ccc(N)cc5N)CC[C@]4(C)[C@H]3CC[C@]12C. The van der Waals surface area contributed by atoms with Crippen molar-refractivity contribution >= 4 is 17.3 Å². The number of hydrogen-bond acceptors (Lipinski definition) is 5. The van der Waals surface area contributed by atoms with Gasteiger partial charge in [0.05, 0.1) is 11.8 Å². The second kappa shape index (κ2) is 10.4. The standard InChI is InChI=1S/C31H45F3N2O3/c1-18(4-11-28(37)39-31(32,33)34)23-8-9-24-22-7-5-19-16-21(38-27-10-6-20(35)17-26(27)36)12-14-29(19,2)25(22)13-15-30(23,24)3/h6,10,17-19,21-25H,4-5,7-9,11-16,35-36H2,1-3H3/t18-,19?,21?,22+,23-,24+,25+,29+,30-/m1/s1. The van der Waals surface area contributed by atoms with Gasteiger partial charge in [0.15, 0.2) is 0 Å². The molecule has 1 aromatic rings. The first-order valence-corrected chi connectivity index (χ1v) is 14.9. The molecule has 9 atom stereocenters. The highest BCUT2D eigenvalue weighted by Gasteiger charge is 2.60. The van der Waals surface area contributed by atoms with Crippen LogP contribution >= 0.6 is 0 Å². The van der Waals surface area contributed by atoms with Crippen LogP contribution in [0.5, 0.6) is 5.75 Å². The maximum atomic E-state index is 12.4. The molecule has 0 amide bonds. The van der Waals surface area contributed by atoms with E-state index in [2.05, 4.69) is 25.5 Å². The van der Waals surface area contributed by atoms with Crippen molar-refractivity contribution in [3.63, 3.8) is 0 Å². The third kappa shape index (κ3) is 5.46. The van der Waals surface area contributed by atoms with Gasteiger partial charge in [-0.05, 0) is 129 Å². The third-order valence-corrected chi connectivity index (χ3v) is 11.7. The molecule has 4 N–H and O–H groups in total. The second-order valence-corrected chi connectivity index (χ2v) is 13.6. The fraction of sp³-hybridized carbons (Fsp3) is 0.774. The number of alkyl halides is 3. The predicted molar refractivity (Wildman–Crippen MR) is 145 cm³/mol. The quantitative estimate of drug-likeness (QED) is 0.279. The summed E-state index contributed by atoms with van der Waals surface area (Å²) < 4.78 is 47.2. The van der Waals surface area contributed by atoms with Gasteiger partial charge in [-0.3, -0.25) is 4.79 Å². The number of carbonyl (C=O) groups is 1. The average molecular weight is 551 g/mol. The predicted octanol–water partition coefficient (Wildman–Crippen LogP) is 7.74. The highest BCUT2D eigenvalue weighted by atomic mass is 19.4. The minimum Gasteiger partial charge on any atom is -0.488 e. The Hall–Kier alpha value is -2.12. The van der Waals surface area contributed by atoms with Gasteiger partial charge in [-0.25, -0.2) is 0 Å². The summed E-state index contributed by atoms with van der Waals surface area (Å²) in [7, 11) is 0. The topological polar surface area (TPSA) is 87.6 Å². The number of esters is 1. The number of benzene rings is 1. The molecule has 0 aromatic heterocycles. The van der Waals surface area contributed by atoms with E-state index in [9.17, 15) is 18.0 Å². The zero-order valence-electron chi connectivity index (χ0n) is 23.6. The zero-order valence-corrected chi connectivity index (χ0v) is 23.6. The summed E-state index contributed by atoms with van der Waals surface area (Å²) in [6.07, 6.45) is 6.02. The summed E-state index contributed by atoms with van der Waals surface area (Å²) >= 11 is 0. The van der Waals surface area contributed by atoms with Gasteiger partial charge in [-0.1, -0.05) is 20.8 Å². The Morgan fingerprint density at radius 1 is 1.03 bits per heavy atom. The number of carbonyl (C=O) groups excluding carboxylic acids is 1. The Morgan fingerprint density at radius 3 is 2.46 bits per heavy atom. The van der Waals surface area contributed by atoms with Crippen LogP contribution in [-0.4, -0.2) is 18.4 Å². The molecular formula is C31H45F3N2O3. The van der Waals surface area contributed by atoms with Crippen molar-refractivity contribution < 1.29 is 27.4 Å². The van der Waals surface area contributed by atoms with Crippen LogP contribution in [0.1, 0.15) is 91.4 Å². The van der Waals surface area contributed by atoms with E-state index in [1.807, 2.05) is 12.1 Å². The lowest BCUT2D eigenvalue weighted by molar-refractivity contribution is -0.305. The van der Waals surface area contributed by atoms with Crippen molar-refractivity contribution in [2.75, 3.05) is 11.5 Å². The van der Waals surface area contributed by atoms with E-state index < -0.39 is 12.3 Å². The smallest absolute Gasteiger partial charge is 0.488 e. The summed E-state index contributed by atoms with van der Waals surface area (Å²) in [4.78, 5) is 11.7. The van der Waals surface area contributed by atoms with Crippen molar-refractivity contribution in [1.29, 1.82) is 0 Å². The Kier molecular flexibility index (Phi) is 7.55. The van der Waals surface area contributed by atoms with E-state index in [0.717, 1.165) is 25.0 Å². The fourth-order valence-corrected chi connectivity index (χ4v) is 9.88. The maximum Gasteiger partial charge on any atom is 0.575 e. The number of nitrogens with two attached hydrogens (primary N) is 2.